The molecule has 0 aliphatic heterocycles. The molecule has 0 amide bonds. The molecule has 1 atom stereocenters. The maximum absolute atomic E-state index is 5.77. The molecule has 1 rings (SSSR count). The van der Waals surface area contributed by atoms with Crippen LogP contribution in [0.2, 0.25) is 0 Å². The van der Waals surface area contributed by atoms with Crippen LogP contribution in [0.25, 0.3) is 0 Å². The molecule has 2 heteroatoms. The molecule has 0 unspecified atom stereocenters. The summed E-state index contributed by atoms with van der Waals surface area (Å²) < 4.78 is 5.49. The van der Waals surface area contributed by atoms with Crippen LogP contribution in [0, 0.1) is 0 Å². The summed E-state index contributed by atoms with van der Waals surface area (Å²) in [5.41, 5.74) is 6.87. The van der Waals surface area contributed by atoms with Gasteiger partial charge in [0.1, 0.15) is 12.4 Å². The topological polar surface area (TPSA) is 35.2 Å². The quantitative estimate of drug-likeness (QED) is 0.742. The van der Waals surface area contributed by atoms with Crippen LogP contribution in [-0.2, 0) is 0 Å². The van der Waals surface area contributed by atoms with E-state index >= 15 is 0 Å². The van der Waals surface area contributed by atoms with Crippen LogP contribution in [0.1, 0.15) is 25.5 Å². The van der Waals surface area contributed by atoms with Crippen molar-refractivity contribution in [3.8, 4) is 5.75 Å². The molecule has 0 aliphatic carbocycles. The molecule has 0 aliphatic rings. The van der Waals surface area contributed by atoms with Crippen molar-refractivity contribution in [2.24, 2.45) is 5.73 Å². The number of hydrogen-bond acceptors (Lipinski definition) is 2. The van der Waals surface area contributed by atoms with Crippen LogP contribution in [0.5, 0.6) is 5.75 Å². The average molecular weight is 191 g/mol. The second kappa shape index (κ2) is 5.45. The monoisotopic (exact) mass is 191 g/mol. The maximum atomic E-state index is 5.77. The third kappa shape index (κ3) is 3.23. The van der Waals surface area contributed by atoms with E-state index in [1.54, 1.807) is 0 Å². The zero-order valence-corrected chi connectivity index (χ0v) is 8.73. The molecule has 0 heterocycles. The highest BCUT2D eigenvalue weighted by Gasteiger charge is 1.99. The van der Waals surface area contributed by atoms with Crippen LogP contribution in [0.15, 0.2) is 36.4 Å². The molecule has 14 heavy (non-hydrogen) atoms. The normalized spacial score (nSPS) is 13.1. The lowest BCUT2D eigenvalue weighted by molar-refractivity contribution is 0.362. The van der Waals surface area contributed by atoms with Gasteiger partial charge in [-0.1, -0.05) is 24.3 Å². The molecule has 1 aromatic carbocycles. The second-order valence-corrected chi connectivity index (χ2v) is 3.24. The molecule has 0 fully saturated rings. The van der Waals surface area contributed by atoms with Gasteiger partial charge in [-0.2, -0.15) is 0 Å². The van der Waals surface area contributed by atoms with E-state index in [2.05, 4.69) is 0 Å². The third-order valence-corrected chi connectivity index (χ3v) is 1.97. The van der Waals surface area contributed by atoms with E-state index in [1.165, 1.54) is 0 Å². The van der Waals surface area contributed by atoms with Gasteiger partial charge in [0.25, 0.3) is 0 Å². The first-order valence-electron chi connectivity index (χ1n) is 4.83. The minimum Gasteiger partial charge on any atom is -0.490 e. The molecule has 2 N–H and O–H groups in total. The summed E-state index contributed by atoms with van der Waals surface area (Å²) in [5.74, 6) is 0.873. The predicted octanol–water partition coefficient (Wildman–Crippen LogP) is 2.66. The number of hydrogen-bond donors (Lipinski definition) is 1. The van der Waals surface area contributed by atoms with Crippen LogP contribution in [0.4, 0.5) is 0 Å². The van der Waals surface area contributed by atoms with E-state index in [1.807, 2.05) is 50.3 Å². The van der Waals surface area contributed by atoms with Gasteiger partial charge in [0.2, 0.25) is 0 Å². The molecule has 0 spiro atoms. The summed E-state index contributed by atoms with van der Waals surface area (Å²) >= 11 is 0. The molecule has 0 saturated heterocycles. The van der Waals surface area contributed by atoms with Crippen LogP contribution in [0.3, 0.4) is 0 Å². The summed E-state index contributed by atoms with van der Waals surface area (Å²) in [5, 5.41) is 0. The Balaban J connectivity index is 2.64. The lowest BCUT2D eigenvalue weighted by Crippen LogP contribution is -2.05. The molecule has 0 saturated carbocycles. The zero-order valence-electron chi connectivity index (χ0n) is 8.73. The highest BCUT2D eigenvalue weighted by Crippen LogP contribution is 2.17. The van der Waals surface area contributed by atoms with E-state index in [9.17, 15) is 0 Å². The van der Waals surface area contributed by atoms with Gasteiger partial charge >= 0.3 is 0 Å². The largest absolute Gasteiger partial charge is 0.490 e. The van der Waals surface area contributed by atoms with Gasteiger partial charge in [0, 0.05) is 6.04 Å². The van der Waals surface area contributed by atoms with Crippen molar-refractivity contribution in [2.45, 2.75) is 19.9 Å². The van der Waals surface area contributed by atoms with E-state index in [4.69, 9.17) is 10.5 Å². The molecule has 0 radical (unpaired) electrons. The fourth-order valence-electron chi connectivity index (χ4n) is 1.13. The van der Waals surface area contributed by atoms with E-state index < -0.39 is 0 Å². The second-order valence-electron chi connectivity index (χ2n) is 3.24. The van der Waals surface area contributed by atoms with E-state index in [0.717, 1.165) is 11.3 Å². The van der Waals surface area contributed by atoms with Gasteiger partial charge in [-0.15, -0.1) is 0 Å². The minimum atomic E-state index is 0.0558. The van der Waals surface area contributed by atoms with E-state index in [-0.39, 0.29) is 6.04 Å². The van der Waals surface area contributed by atoms with Crippen LogP contribution < -0.4 is 10.5 Å². The van der Waals surface area contributed by atoms with E-state index in [0.29, 0.717) is 6.61 Å². The number of benzene rings is 1. The fraction of sp³-hybridized carbons (Fsp3) is 0.333. The van der Waals surface area contributed by atoms with Crippen molar-refractivity contribution < 1.29 is 4.74 Å². The summed E-state index contributed by atoms with van der Waals surface area (Å²) in [7, 11) is 0. The first-order chi connectivity index (χ1) is 6.74. The summed E-state index contributed by atoms with van der Waals surface area (Å²) in [6.07, 6.45) is 3.94. The Morgan fingerprint density at radius 1 is 1.50 bits per heavy atom. The van der Waals surface area contributed by atoms with Gasteiger partial charge in [-0.25, -0.2) is 0 Å². The summed E-state index contributed by atoms with van der Waals surface area (Å²) in [4.78, 5) is 0. The van der Waals surface area contributed by atoms with Crippen molar-refractivity contribution in [3.05, 3.63) is 42.0 Å². The SMILES string of the molecule is CC=CCOc1cccc([C@H](C)N)c1. The van der Waals surface area contributed by atoms with Crippen molar-refractivity contribution >= 4 is 0 Å². The smallest absolute Gasteiger partial charge is 0.120 e. The Morgan fingerprint density at radius 2 is 2.29 bits per heavy atom. The Morgan fingerprint density at radius 3 is 2.93 bits per heavy atom. The van der Waals surface area contributed by atoms with Gasteiger partial charge < -0.3 is 10.5 Å². The molecule has 1 aromatic rings. The Bertz CT molecular complexity index is 305. The number of ether oxygens (including phenoxy) is 1. The first-order valence-corrected chi connectivity index (χ1v) is 4.83. The minimum absolute atomic E-state index is 0.0558. The van der Waals surface area contributed by atoms with Gasteiger partial charge in [-0.3, -0.25) is 0 Å². The maximum Gasteiger partial charge on any atom is 0.120 e. The third-order valence-electron chi connectivity index (χ3n) is 1.97. The number of nitrogens with two attached hydrogens (primary N) is 1. The number of allylic oxidation sites excluding steroid dienone is 1. The lowest BCUT2D eigenvalue weighted by atomic mass is 10.1. The van der Waals surface area contributed by atoms with Crippen LogP contribution in [-0.4, -0.2) is 6.61 Å². The predicted molar refractivity (Wildman–Crippen MR) is 59.4 cm³/mol. The Hall–Kier alpha value is -1.28. The molecule has 0 aromatic heterocycles. The van der Waals surface area contributed by atoms with Gasteiger partial charge in [-0.05, 0) is 31.5 Å². The van der Waals surface area contributed by atoms with Crippen molar-refractivity contribution in [1.29, 1.82) is 0 Å². The number of rotatable bonds is 4. The highest BCUT2D eigenvalue weighted by molar-refractivity contribution is 5.30. The zero-order chi connectivity index (χ0) is 10.4. The van der Waals surface area contributed by atoms with Crippen molar-refractivity contribution in [1.82, 2.24) is 0 Å². The molecule has 2 nitrogen and oxygen atoms in total. The fourth-order valence-corrected chi connectivity index (χ4v) is 1.13. The Labute approximate surface area is 85.4 Å². The molecular formula is C12H17NO. The lowest BCUT2D eigenvalue weighted by Gasteiger charge is -2.08. The highest BCUT2D eigenvalue weighted by atomic mass is 16.5. The van der Waals surface area contributed by atoms with Crippen molar-refractivity contribution in [3.63, 3.8) is 0 Å². The van der Waals surface area contributed by atoms with Gasteiger partial charge in [0.15, 0.2) is 0 Å². The summed E-state index contributed by atoms with van der Waals surface area (Å²) in [6, 6.07) is 7.95. The Kier molecular flexibility index (Phi) is 4.20. The molecule has 76 valence electrons. The van der Waals surface area contributed by atoms with Gasteiger partial charge in [0.05, 0.1) is 0 Å². The summed E-state index contributed by atoms with van der Waals surface area (Å²) in [6.45, 7) is 4.55. The molecule has 0 bridgehead atoms. The molecular weight excluding hydrogens is 174 g/mol. The van der Waals surface area contributed by atoms with Crippen molar-refractivity contribution in [2.75, 3.05) is 6.61 Å². The van der Waals surface area contributed by atoms with Crippen LogP contribution >= 0.6 is 0 Å². The standard InChI is InChI=1S/C12H17NO/c1-3-4-8-14-12-7-5-6-11(9-12)10(2)13/h3-7,9-10H,8,13H2,1-2H3/t10-/m0/s1. The average Bonchev–Trinajstić information content (AvgIpc) is 2.19. The first kappa shape index (κ1) is 10.8.